The van der Waals surface area contributed by atoms with E-state index < -0.39 is 11.8 Å². The molecule has 0 aromatic heterocycles. The molecule has 2 aliphatic rings. The molecule has 1 spiro atoms. The molecule has 1 aliphatic carbocycles. The van der Waals surface area contributed by atoms with Gasteiger partial charge >= 0.3 is 11.8 Å². The number of allylic oxidation sites excluding steroid dienone is 2. The van der Waals surface area contributed by atoms with Gasteiger partial charge in [0.1, 0.15) is 0 Å². The van der Waals surface area contributed by atoms with Gasteiger partial charge in [0.15, 0.2) is 0 Å². The van der Waals surface area contributed by atoms with E-state index in [4.69, 9.17) is 5.73 Å². The Hall–Kier alpha value is -2.64. The molecule has 0 aromatic carbocycles. The monoisotopic (exact) mass is 336 g/mol. The zero-order valence-corrected chi connectivity index (χ0v) is 13.8. The molecule has 2 rings (SSSR count). The van der Waals surface area contributed by atoms with E-state index in [-0.39, 0.29) is 17.4 Å². The van der Waals surface area contributed by atoms with Crippen molar-refractivity contribution in [2.45, 2.75) is 44.6 Å². The molecule has 6 N–H and O–H groups in total. The fourth-order valence-electron chi connectivity index (χ4n) is 2.57. The Morgan fingerprint density at radius 2 is 1.67 bits per heavy atom. The van der Waals surface area contributed by atoms with Gasteiger partial charge in [0.2, 0.25) is 11.8 Å². The highest BCUT2D eigenvalue weighted by Gasteiger charge is 2.54. The lowest BCUT2D eigenvalue weighted by atomic mass is 9.92. The van der Waals surface area contributed by atoms with E-state index in [9.17, 15) is 19.2 Å². The quantitative estimate of drug-likeness (QED) is 0.351. The molecule has 24 heavy (non-hydrogen) atoms. The Labute approximate surface area is 140 Å². The molecule has 1 aliphatic heterocycles. The predicted molar refractivity (Wildman–Crippen MR) is 88.0 cm³/mol. The summed E-state index contributed by atoms with van der Waals surface area (Å²) in [5, 5.41) is 0. The van der Waals surface area contributed by atoms with Crippen LogP contribution in [0.5, 0.6) is 0 Å². The van der Waals surface area contributed by atoms with Crippen LogP contribution in [0.25, 0.3) is 0 Å². The van der Waals surface area contributed by atoms with Crippen LogP contribution in [0.2, 0.25) is 0 Å². The van der Waals surface area contributed by atoms with E-state index >= 15 is 0 Å². The van der Waals surface area contributed by atoms with Crippen LogP contribution in [-0.4, -0.2) is 40.6 Å². The smallest absolute Gasteiger partial charge is 0.306 e. The molecule has 0 radical (unpaired) electrons. The molecule has 132 valence electrons. The standard InChI is InChI=1S/C14H20N2O2.C2H4N2O2/c1-11-6-4-5-9-14(11)10-16(14)13(18)8-3-2-7-12(15)17;3-1(5)2(4)6/h4-6H,2-3,7-10H2,1H3,(H2,15,17);(H2,3,5)(H2,4,6). The van der Waals surface area contributed by atoms with E-state index in [1.165, 1.54) is 5.57 Å². The van der Waals surface area contributed by atoms with Crippen LogP contribution >= 0.6 is 0 Å². The minimum atomic E-state index is -1.10. The maximum absolute atomic E-state index is 12.0. The van der Waals surface area contributed by atoms with Gasteiger partial charge < -0.3 is 22.1 Å². The summed E-state index contributed by atoms with van der Waals surface area (Å²) in [6, 6.07) is 0. The highest BCUT2D eigenvalue weighted by Crippen LogP contribution is 2.44. The fourth-order valence-corrected chi connectivity index (χ4v) is 2.57. The molecule has 0 aromatic rings. The number of nitrogens with two attached hydrogens (primary N) is 3. The first kappa shape index (κ1) is 19.4. The van der Waals surface area contributed by atoms with E-state index in [0.717, 1.165) is 19.4 Å². The van der Waals surface area contributed by atoms with Gasteiger partial charge in [0.05, 0.1) is 5.54 Å². The summed E-state index contributed by atoms with van der Waals surface area (Å²) in [6.45, 7) is 2.93. The fraction of sp³-hybridized carbons (Fsp3) is 0.500. The number of unbranched alkanes of at least 4 members (excludes halogenated alkanes) is 1. The summed E-state index contributed by atoms with van der Waals surface area (Å²) in [5.41, 5.74) is 15.0. The lowest BCUT2D eigenvalue weighted by Crippen LogP contribution is -2.29. The number of primary amides is 3. The highest BCUT2D eigenvalue weighted by atomic mass is 16.2. The summed E-state index contributed by atoms with van der Waals surface area (Å²) in [6.07, 6.45) is 9.53. The Bertz CT molecular complexity index is 585. The number of hydrogen-bond acceptors (Lipinski definition) is 4. The van der Waals surface area contributed by atoms with Gasteiger partial charge in [0, 0.05) is 19.4 Å². The predicted octanol–water partition coefficient (Wildman–Crippen LogP) is -0.524. The Balaban J connectivity index is 0.000000413. The minimum absolute atomic E-state index is 0.0183. The Morgan fingerprint density at radius 3 is 2.17 bits per heavy atom. The van der Waals surface area contributed by atoms with E-state index in [2.05, 4.69) is 36.6 Å². The number of amides is 4. The van der Waals surface area contributed by atoms with Gasteiger partial charge in [-0.3, -0.25) is 19.2 Å². The first-order valence-electron chi connectivity index (χ1n) is 7.72. The average molecular weight is 336 g/mol. The lowest BCUT2D eigenvalue weighted by molar-refractivity contribution is -0.135. The summed E-state index contributed by atoms with van der Waals surface area (Å²) >= 11 is 0. The number of nitrogens with zero attached hydrogens (tertiary/aromatic N) is 1. The SMILES string of the molecule is CC1=CC=CCC12CN2C(=O)CCCCC(N)=O.NC(=O)C(N)=O. The molecule has 1 fully saturated rings. The zero-order valence-electron chi connectivity index (χ0n) is 13.8. The molecule has 0 saturated carbocycles. The van der Waals surface area contributed by atoms with Gasteiger partial charge in [-0.15, -0.1) is 0 Å². The van der Waals surface area contributed by atoms with Crippen LogP contribution in [0.3, 0.4) is 0 Å². The first-order valence-corrected chi connectivity index (χ1v) is 7.72. The van der Waals surface area contributed by atoms with Crippen LogP contribution in [0.1, 0.15) is 39.0 Å². The number of carbonyl (C=O) groups is 4. The van der Waals surface area contributed by atoms with Crippen molar-refractivity contribution >= 4 is 23.6 Å². The highest BCUT2D eigenvalue weighted by molar-refractivity contribution is 6.33. The van der Waals surface area contributed by atoms with Crippen LogP contribution in [0.15, 0.2) is 23.8 Å². The Kier molecular flexibility index (Phi) is 6.69. The summed E-state index contributed by atoms with van der Waals surface area (Å²) in [5.74, 6) is -2.30. The Morgan fingerprint density at radius 1 is 1.08 bits per heavy atom. The molecule has 1 heterocycles. The molecule has 8 nitrogen and oxygen atoms in total. The van der Waals surface area contributed by atoms with Crippen molar-refractivity contribution in [1.29, 1.82) is 0 Å². The molecule has 1 atom stereocenters. The number of carbonyl (C=O) groups excluding carboxylic acids is 4. The maximum atomic E-state index is 12.0. The second-order valence-corrected chi connectivity index (χ2v) is 5.90. The summed E-state index contributed by atoms with van der Waals surface area (Å²) < 4.78 is 0. The summed E-state index contributed by atoms with van der Waals surface area (Å²) in [7, 11) is 0. The van der Waals surface area contributed by atoms with Crippen LogP contribution in [-0.2, 0) is 19.2 Å². The van der Waals surface area contributed by atoms with Gasteiger partial charge in [-0.1, -0.05) is 18.2 Å². The molecule has 4 amide bonds. The normalized spacial score (nSPS) is 20.7. The second-order valence-electron chi connectivity index (χ2n) is 5.90. The minimum Gasteiger partial charge on any atom is -0.370 e. The molecule has 8 heteroatoms. The number of rotatable bonds is 5. The zero-order chi connectivity index (χ0) is 18.3. The average Bonchev–Trinajstić information content (AvgIpc) is 3.22. The maximum Gasteiger partial charge on any atom is 0.306 e. The number of hydrogen-bond donors (Lipinski definition) is 3. The topological polar surface area (TPSA) is 149 Å². The molecular formula is C16H24N4O4. The third-order valence-electron chi connectivity index (χ3n) is 4.11. The van der Waals surface area contributed by atoms with Crippen molar-refractivity contribution in [3.05, 3.63) is 23.8 Å². The van der Waals surface area contributed by atoms with Crippen molar-refractivity contribution in [1.82, 2.24) is 4.90 Å². The van der Waals surface area contributed by atoms with Crippen LogP contribution in [0, 0.1) is 0 Å². The van der Waals surface area contributed by atoms with Gasteiger partial charge in [0.25, 0.3) is 0 Å². The van der Waals surface area contributed by atoms with Crippen molar-refractivity contribution in [2.75, 3.05) is 6.54 Å². The summed E-state index contributed by atoms with van der Waals surface area (Å²) in [4.78, 5) is 43.5. The van der Waals surface area contributed by atoms with Crippen LogP contribution < -0.4 is 17.2 Å². The van der Waals surface area contributed by atoms with Crippen molar-refractivity contribution in [3.8, 4) is 0 Å². The van der Waals surface area contributed by atoms with Crippen molar-refractivity contribution in [3.63, 3.8) is 0 Å². The van der Waals surface area contributed by atoms with Gasteiger partial charge in [-0.25, -0.2) is 0 Å². The van der Waals surface area contributed by atoms with Gasteiger partial charge in [-0.05, 0) is 31.8 Å². The van der Waals surface area contributed by atoms with Crippen molar-refractivity contribution < 1.29 is 19.2 Å². The van der Waals surface area contributed by atoms with E-state index in [0.29, 0.717) is 19.3 Å². The second kappa shape index (κ2) is 8.28. The molecule has 1 unspecified atom stereocenters. The van der Waals surface area contributed by atoms with Crippen LogP contribution in [0.4, 0.5) is 0 Å². The third kappa shape index (κ3) is 5.22. The molecular weight excluding hydrogens is 312 g/mol. The largest absolute Gasteiger partial charge is 0.370 e. The van der Waals surface area contributed by atoms with E-state index in [1.807, 2.05) is 4.90 Å². The molecule has 0 bridgehead atoms. The van der Waals surface area contributed by atoms with Gasteiger partial charge in [-0.2, -0.15) is 0 Å². The first-order chi connectivity index (χ1) is 11.2. The van der Waals surface area contributed by atoms with Crippen molar-refractivity contribution in [2.24, 2.45) is 17.2 Å². The third-order valence-corrected chi connectivity index (χ3v) is 4.11. The van der Waals surface area contributed by atoms with E-state index in [1.54, 1.807) is 0 Å². The lowest BCUT2D eigenvalue weighted by Gasteiger charge is -2.19. The molecule has 1 saturated heterocycles.